The van der Waals surface area contributed by atoms with Gasteiger partial charge in [-0.2, -0.15) is 0 Å². The van der Waals surface area contributed by atoms with Gasteiger partial charge in [-0.25, -0.2) is 9.97 Å². The Morgan fingerprint density at radius 1 is 1.19 bits per heavy atom. The lowest BCUT2D eigenvalue weighted by molar-refractivity contribution is 0.0953. The van der Waals surface area contributed by atoms with E-state index in [9.17, 15) is 4.79 Å². The van der Waals surface area contributed by atoms with Crippen LogP contribution in [0.2, 0.25) is 0 Å². The molecule has 0 radical (unpaired) electrons. The summed E-state index contributed by atoms with van der Waals surface area (Å²) in [6, 6.07) is 6.49. The van der Waals surface area contributed by atoms with Gasteiger partial charge in [0.2, 0.25) is 0 Å². The van der Waals surface area contributed by atoms with E-state index in [1.54, 1.807) is 18.2 Å². The molecule has 2 rings (SSSR count). The second-order valence-corrected chi connectivity index (χ2v) is 5.23. The molecular weight excluding hydrogens is 288 g/mol. The highest BCUT2D eigenvalue weighted by molar-refractivity contribution is 7.99. The van der Waals surface area contributed by atoms with Crippen LogP contribution in [-0.2, 0) is 0 Å². The average Bonchev–Trinajstić information content (AvgIpc) is 2.37. The first-order chi connectivity index (χ1) is 9.99. The molecule has 0 fully saturated rings. The van der Waals surface area contributed by atoms with E-state index >= 15 is 0 Å². The highest BCUT2D eigenvalue weighted by Gasteiger charge is 2.14. The second-order valence-electron chi connectivity index (χ2n) is 4.22. The zero-order chi connectivity index (χ0) is 15.4. The number of rotatable bonds is 4. The lowest BCUT2D eigenvalue weighted by atomic mass is 10.2. The monoisotopic (exact) mass is 304 g/mol. The molecule has 0 saturated carbocycles. The molecule has 1 aromatic carbocycles. The van der Waals surface area contributed by atoms with Crippen LogP contribution in [0.25, 0.3) is 0 Å². The number of benzene rings is 1. The lowest BCUT2D eigenvalue weighted by Gasteiger charge is -2.09. The predicted molar refractivity (Wildman–Crippen MR) is 83.8 cm³/mol. The van der Waals surface area contributed by atoms with Crippen molar-refractivity contribution in [2.75, 3.05) is 23.7 Å². The first-order valence-corrected chi connectivity index (χ1v) is 7.07. The van der Waals surface area contributed by atoms with Crippen LogP contribution in [0.3, 0.4) is 0 Å². The van der Waals surface area contributed by atoms with Gasteiger partial charge in [0.25, 0.3) is 5.91 Å². The Morgan fingerprint density at radius 2 is 1.86 bits per heavy atom. The van der Waals surface area contributed by atoms with Crippen molar-refractivity contribution in [3.63, 3.8) is 0 Å². The molecule has 110 valence electrons. The molecule has 0 unspecified atom stereocenters. The molecule has 0 atom stereocenters. The van der Waals surface area contributed by atoms with Crippen LogP contribution in [-0.4, -0.2) is 22.4 Å². The summed E-state index contributed by atoms with van der Waals surface area (Å²) < 4.78 is 0. The van der Waals surface area contributed by atoms with Crippen molar-refractivity contribution in [3.8, 4) is 0 Å². The number of anilines is 3. The summed E-state index contributed by atoms with van der Waals surface area (Å²) >= 11 is 1.19. The van der Waals surface area contributed by atoms with Crippen LogP contribution in [0, 0.1) is 0 Å². The quantitative estimate of drug-likeness (QED) is 0.491. The van der Waals surface area contributed by atoms with Crippen molar-refractivity contribution in [1.29, 1.82) is 0 Å². The van der Waals surface area contributed by atoms with Gasteiger partial charge in [-0.15, -0.1) is 0 Å². The molecule has 0 saturated heterocycles. The third-order valence-corrected chi connectivity index (χ3v) is 3.46. The molecule has 0 aliphatic rings. The van der Waals surface area contributed by atoms with Crippen molar-refractivity contribution in [3.05, 3.63) is 29.8 Å². The Balaban J connectivity index is 2.38. The summed E-state index contributed by atoms with van der Waals surface area (Å²) in [4.78, 5) is 20.9. The fourth-order valence-corrected chi connectivity index (χ4v) is 2.64. The maximum Gasteiger partial charge on any atom is 0.252 e. The van der Waals surface area contributed by atoms with Crippen LogP contribution in [0.1, 0.15) is 17.3 Å². The topological polar surface area (TPSA) is 133 Å². The highest BCUT2D eigenvalue weighted by Crippen LogP contribution is 2.30. The molecular formula is C13H16N6OS. The Hall–Kier alpha value is -2.48. The number of nitrogens with two attached hydrogens (primary N) is 3. The van der Waals surface area contributed by atoms with Crippen LogP contribution >= 0.6 is 11.8 Å². The highest BCUT2D eigenvalue weighted by atomic mass is 32.2. The van der Waals surface area contributed by atoms with Gasteiger partial charge < -0.3 is 22.5 Å². The standard InChI is InChI=1S/C13H16N6OS/c1-2-17-12(20)8-4-3-7(14)5-9(8)21-13-18-10(15)6-11(16)19-13/h3-6H,2,14H2,1H3,(H,17,20)(H4,15,16,18,19). The van der Waals surface area contributed by atoms with E-state index < -0.39 is 0 Å². The number of hydrogen-bond donors (Lipinski definition) is 4. The molecule has 8 heteroatoms. The summed E-state index contributed by atoms with van der Waals surface area (Å²) in [7, 11) is 0. The van der Waals surface area contributed by atoms with Gasteiger partial charge in [0, 0.05) is 23.2 Å². The van der Waals surface area contributed by atoms with E-state index in [-0.39, 0.29) is 17.5 Å². The minimum absolute atomic E-state index is 0.183. The van der Waals surface area contributed by atoms with Gasteiger partial charge in [-0.05, 0) is 36.9 Å². The van der Waals surface area contributed by atoms with Crippen molar-refractivity contribution in [1.82, 2.24) is 15.3 Å². The van der Waals surface area contributed by atoms with Gasteiger partial charge in [0.15, 0.2) is 5.16 Å². The smallest absolute Gasteiger partial charge is 0.252 e. The molecule has 0 aliphatic heterocycles. The Morgan fingerprint density at radius 3 is 2.48 bits per heavy atom. The number of nitrogens with one attached hydrogen (secondary N) is 1. The van der Waals surface area contributed by atoms with E-state index in [1.807, 2.05) is 6.92 Å². The number of amides is 1. The van der Waals surface area contributed by atoms with E-state index in [0.29, 0.717) is 27.8 Å². The number of nitrogen functional groups attached to an aromatic ring is 3. The van der Waals surface area contributed by atoms with Gasteiger partial charge in [0.05, 0.1) is 5.56 Å². The molecule has 7 nitrogen and oxygen atoms in total. The van der Waals surface area contributed by atoms with Crippen LogP contribution < -0.4 is 22.5 Å². The number of carbonyl (C=O) groups excluding carboxylic acids is 1. The summed E-state index contributed by atoms with van der Waals surface area (Å²) in [5, 5.41) is 3.11. The molecule has 2 aromatic rings. The SMILES string of the molecule is CCNC(=O)c1ccc(N)cc1Sc1nc(N)cc(N)n1. The summed E-state index contributed by atoms with van der Waals surface area (Å²) in [5.41, 5.74) is 18.1. The van der Waals surface area contributed by atoms with E-state index in [2.05, 4.69) is 15.3 Å². The minimum atomic E-state index is -0.183. The Labute approximate surface area is 126 Å². The summed E-state index contributed by atoms with van der Waals surface area (Å²) in [6.45, 7) is 2.39. The van der Waals surface area contributed by atoms with Crippen LogP contribution in [0.4, 0.5) is 17.3 Å². The van der Waals surface area contributed by atoms with Crippen molar-refractivity contribution in [2.45, 2.75) is 17.0 Å². The van der Waals surface area contributed by atoms with E-state index in [0.717, 1.165) is 0 Å². The fourth-order valence-electron chi connectivity index (χ4n) is 1.67. The maximum absolute atomic E-state index is 12.0. The second kappa shape index (κ2) is 6.31. The van der Waals surface area contributed by atoms with Gasteiger partial charge in [-0.3, -0.25) is 4.79 Å². The third kappa shape index (κ3) is 3.76. The average molecular weight is 304 g/mol. The van der Waals surface area contributed by atoms with Crippen LogP contribution in [0.5, 0.6) is 0 Å². The zero-order valence-corrected chi connectivity index (χ0v) is 12.3. The predicted octanol–water partition coefficient (Wildman–Crippen LogP) is 1.12. The molecule has 1 aromatic heterocycles. The number of nitrogens with zero attached hydrogens (tertiary/aromatic N) is 2. The normalized spacial score (nSPS) is 10.3. The Bertz CT molecular complexity index is 655. The number of hydrogen-bond acceptors (Lipinski definition) is 7. The molecule has 7 N–H and O–H groups in total. The van der Waals surface area contributed by atoms with Gasteiger partial charge in [-0.1, -0.05) is 0 Å². The largest absolute Gasteiger partial charge is 0.399 e. The van der Waals surface area contributed by atoms with Gasteiger partial charge >= 0.3 is 0 Å². The molecule has 0 bridgehead atoms. The minimum Gasteiger partial charge on any atom is -0.399 e. The first kappa shape index (κ1) is 14.9. The maximum atomic E-state index is 12.0. The van der Waals surface area contributed by atoms with Crippen LogP contribution in [0.15, 0.2) is 34.3 Å². The number of aromatic nitrogens is 2. The number of carbonyl (C=O) groups is 1. The first-order valence-electron chi connectivity index (χ1n) is 6.25. The molecule has 21 heavy (non-hydrogen) atoms. The fraction of sp³-hybridized carbons (Fsp3) is 0.154. The van der Waals surface area contributed by atoms with Gasteiger partial charge in [0.1, 0.15) is 11.6 Å². The summed E-state index contributed by atoms with van der Waals surface area (Å²) in [6.07, 6.45) is 0. The molecule has 1 heterocycles. The molecule has 1 amide bonds. The summed E-state index contributed by atoms with van der Waals surface area (Å²) in [5.74, 6) is 0.360. The van der Waals surface area contributed by atoms with E-state index in [4.69, 9.17) is 17.2 Å². The Kier molecular flexibility index (Phi) is 4.49. The van der Waals surface area contributed by atoms with Crippen molar-refractivity contribution < 1.29 is 4.79 Å². The molecule has 0 spiro atoms. The lowest BCUT2D eigenvalue weighted by Crippen LogP contribution is -2.23. The van der Waals surface area contributed by atoms with E-state index in [1.165, 1.54) is 17.8 Å². The zero-order valence-electron chi connectivity index (χ0n) is 11.5. The van der Waals surface area contributed by atoms with Crippen molar-refractivity contribution >= 4 is 35.0 Å². The molecule has 0 aliphatic carbocycles. The van der Waals surface area contributed by atoms with Crippen molar-refractivity contribution in [2.24, 2.45) is 0 Å². The third-order valence-electron chi connectivity index (χ3n) is 2.53.